The van der Waals surface area contributed by atoms with Gasteiger partial charge in [-0.2, -0.15) is 0 Å². The minimum atomic E-state index is 0.816. The lowest BCUT2D eigenvalue weighted by molar-refractivity contribution is 0.0921. The fourth-order valence-corrected chi connectivity index (χ4v) is 3.17. The molecule has 0 amide bonds. The van der Waals surface area contributed by atoms with Crippen molar-refractivity contribution < 1.29 is 9.47 Å². The highest BCUT2D eigenvalue weighted by Gasteiger charge is 2.26. The van der Waals surface area contributed by atoms with Gasteiger partial charge in [0.15, 0.2) is 0 Å². The molecule has 0 spiro atoms. The average molecular weight is 312 g/mol. The molecule has 6 nitrogen and oxygen atoms in total. The number of piperazine rings is 1. The van der Waals surface area contributed by atoms with Gasteiger partial charge in [0.05, 0.1) is 12.8 Å². The second-order valence-corrected chi connectivity index (χ2v) is 6.29. The van der Waals surface area contributed by atoms with Crippen molar-refractivity contribution in [3.63, 3.8) is 0 Å². The van der Waals surface area contributed by atoms with E-state index < -0.39 is 0 Å². The molecule has 0 aliphatic carbocycles. The highest BCUT2D eigenvalue weighted by Crippen LogP contribution is 2.21. The highest BCUT2D eigenvalue weighted by atomic mass is 16.5. The first-order chi connectivity index (χ1) is 10.7. The van der Waals surface area contributed by atoms with Gasteiger partial charge in [-0.1, -0.05) is 0 Å². The summed E-state index contributed by atoms with van der Waals surface area (Å²) in [6, 6.07) is 0. The topological polar surface area (TPSA) is 31.4 Å². The maximum atomic E-state index is 5.71. The minimum Gasteiger partial charge on any atom is -0.481 e. The zero-order chi connectivity index (χ0) is 15.9. The number of ether oxygens (including phenoxy) is 2. The van der Waals surface area contributed by atoms with Gasteiger partial charge < -0.3 is 24.2 Å². The number of nitrogens with zero attached hydrogens (tertiary/aromatic N) is 4. The van der Waals surface area contributed by atoms with E-state index in [4.69, 9.17) is 9.47 Å². The van der Waals surface area contributed by atoms with Crippen molar-refractivity contribution in [1.29, 1.82) is 0 Å². The molecule has 2 aliphatic rings. The first kappa shape index (κ1) is 17.4. The second kappa shape index (κ2) is 8.60. The van der Waals surface area contributed by atoms with Gasteiger partial charge in [0.25, 0.3) is 0 Å². The minimum absolute atomic E-state index is 0.816. The maximum Gasteiger partial charge on any atom is 0.210 e. The summed E-state index contributed by atoms with van der Waals surface area (Å²) in [6.45, 7) is 9.48. The van der Waals surface area contributed by atoms with Crippen molar-refractivity contribution in [2.45, 2.75) is 6.42 Å². The van der Waals surface area contributed by atoms with Gasteiger partial charge in [0.1, 0.15) is 0 Å². The Morgan fingerprint density at radius 3 is 2.32 bits per heavy atom. The molecule has 0 bridgehead atoms. The zero-order valence-corrected chi connectivity index (χ0v) is 14.7. The molecule has 0 N–H and O–H groups in total. The summed E-state index contributed by atoms with van der Waals surface area (Å²) < 4.78 is 10.9. The van der Waals surface area contributed by atoms with Crippen LogP contribution in [0.4, 0.5) is 0 Å². The first-order valence-corrected chi connectivity index (χ1v) is 8.28. The summed E-state index contributed by atoms with van der Waals surface area (Å²) in [5.41, 5.74) is 1.33. The van der Waals surface area contributed by atoms with Gasteiger partial charge in [-0.25, -0.2) is 0 Å². The Kier molecular flexibility index (Phi) is 6.79. The molecule has 2 aliphatic heterocycles. The highest BCUT2D eigenvalue weighted by molar-refractivity contribution is 5.13. The Bertz CT molecular complexity index is 367. The molecule has 0 aromatic carbocycles. The van der Waals surface area contributed by atoms with Gasteiger partial charge in [0.2, 0.25) is 5.88 Å². The molecule has 0 atom stereocenters. The van der Waals surface area contributed by atoms with Gasteiger partial charge >= 0.3 is 0 Å². The third-order valence-electron chi connectivity index (χ3n) is 4.62. The van der Waals surface area contributed by atoms with Crippen LogP contribution in [0.25, 0.3) is 0 Å². The Balaban J connectivity index is 2.04. The lowest BCUT2D eigenvalue weighted by Gasteiger charge is -2.41. The van der Waals surface area contributed by atoms with E-state index in [0.717, 1.165) is 71.3 Å². The fourth-order valence-electron chi connectivity index (χ4n) is 3.17. The summed E-state index contributed by atoms with van der Waals surface area (Å²) in [4.78, 5) is 9.65. The van der Waals surface area contributed by atoms with Crippen molar-refractivity contribution in [2.75, 3.05) is 87.3 Å². The van der Waals surface area contributed by atoms with E-state index >= 15 is 0 Å². The number of hydrogen-bond donors (Lipinski definition) is 0. The van der Waals surface area contributed by atoms with E-state index in [1.807, 2.05) is 0 Å². The summed E-state index contributed by atoms with van der Waals surface area (Å²) in [5.74, 6) is 1.03. The number of hydrogen-bond acceptors (Lipinski definition) is 6. The second-order valence-electron chi connectivity index (χ2n) is 6.29. The summed E-state index contributed by atoms with van der Waals surface area (Å²) >= 11 is 0. The SMILES string of the molecule is COCCCN1CCN(C)C(OC)=C1CN1CCN(C)CC1. The van der Waals surface area contributed by atoms with Crippen LogP contribution in [0.2, 0.25) is 0 Å². The van der Waals surface area contributed by atoms with E-state index in [1.54, 1.807) is 14.2 Å². The molecule has 22 heavy (non-hydrogen) atoms. The standard InChI is InChI=1S/C16H32N4O2/c1-17-7-10-19(11-8-17)14-15-16(22-4)18(2)9-12-20(15)6-5-13-21-3/h5-14H2,1-4H3. The van der Waals surface area contributed by atoms with Crippen LogP contribution in [0.5, 0.6) is 0 Å². The molecule has 2 heterocycles. The predicted molar refractivity (Wildman–Crippen MR) is 88.7 cm³/mol. The molecule has 0 radical (unpaired) electrons. The third kappa shape index (κ3) is 4.51. The van der Waals surface area contributed by atoms with Gasteiger partial charge in [-0.3, -0.25) is 4.90 Å². The van der Waals surface area contributed by atoms with Crippen molar-refractivity contribution in [3.8, 4) is 0 Å². The number of rotatable bonds is 7. The zero-order valence-electron chi connectivity index (χ0n) is 14.7. The van der Waals surface area contributed by atoms with Gasteiger partial charge in [0, 0.05) is 73.1 Å². The smallest absolute Gasteiger partial charge is 0.210 e. The molecule has 2 rings (SSSR count). The summed E-state index contributed by atoms with van der Waals surface area (Å²) in [5, 5.41) is 0. The average Bonchev–Trinajstić information content (AvgIpc) is 2.52. The molecule has 1 fully saturated rings. The van der Waals surface area contributed by atoms with Crippen LogP contribution >= 0.6 is 0 Å². The first-order valence-electron chi connectivity index (χ1n) is 8.28. The van der Waals surface area contributed by atoms with Crippen molar-refractivity contribution in [1.82, 2.24) is 19.6 Å². The normalized spacial score (nSPS) is 21.6. The Morgan fingerprint density at radius 2 is 1.68 bits per heavy atom. The molecule has 0 aromatic rings. The third-order valence-corrected chi connectivity index (χ3v) is 4.62. The lowest BCUT2D eigenvalue weighted by atomic mass is 10.2. The summed E-state index contributed by atoms with van der Waals surface area (Å²) in [7, 11) is 7.87. The molecule has 128 valence electrons. The number of methoxy groups -OCH3 is 2. The Labute approximate surface area is 135 Å². The Morgan fingerprint density at radius 1 is 0.955 bits per heavy atom. The molecule has 6 heteroatoms. The van der Waals surface area contributed by atoms with Crippen LogP contribution in [0.1, 0.15) is 6.42 Å². The van der Waals surface area contributed by atoms with Crippen LogP contribution in [0, 0.1) is 0 Å². The molecular weight excluding hydrogens is 280 g/mol. The van der Waals surface area contributed by atoms with E-state index in [9.17, 15) is 0 Å². The van der Waals surface area contributed by atoms with Crippen LogP contribution in [-0.4, -0.2) is 107 Å². The molecule has 0 unspecified atom stereocenters. The largest absolute Gasteiger partial charge is 0.481 e. The van der Waals surface area contributed by atoms with E-state index in [0.29, 0.717) is 0 Å². The number of likely N-dealkylation sites (N-methyl/N-ethyl adjacent to an activating group) is 2. The maximum absolute atomic E-state index is 5.71. The fraction of sp³-hybridized carbons (Fsp3) is 0.875. The molecule has 0 saturated carbocycles. The quantitative estimate of drug-likeness (QED) is 0.630. The Hall–Kier alpha value is -0.980. The van der Waals surface area contributed by atoms with Crippen LogP contribution in [0.15, 0.2) is 11.6 Å². The predicted octanol–water partition coefficient (Wildman–Crippen LogP) is 0.333. The molecule has 1 saturated heterocycles. The van der Waals surface area contributed by atoms with Crippen LogP contribution in [0.3, 0.4) is 0 Å². The monoisotopic (exact) mass is 312 g/mol. The van der Waals surface area contributed by atoms with E-state index in [1.165, 1.54) is 5.70 Å². The lowest BCUT2D eigenvalue weighted by Crippen LogP contribution is -2.49. The van der Waals surface area contributed by atoms with Crippen molar-refractivity contribution in [2.24, 2.45) is 0 Å². The van der Waals surface area contributed by atoms with Crippen molar-refractivity contribution >= 4 is 0 Å². The van der Waals surface area contributed by atoms with Crippen LogP contribution < -0.4 is 0 Å². The van der Waals surface area contributed by atoms with E-state index in [-0.39, 0.29) is 0 Å². The van der Waals surface area contributed by atoms with E-state index in [2.05, 4.69) is 33.7 Å². The van der Waals surface area contributed by atoms with Gasteiger partial charge in [-0.15, -0.1) is 0 Å². The van der Waals surface area contributed by atoms with Crippen LogP contribution in [-0.2, 0) is 9.47 Å². The summed E-state index contributed by atoms with van der Waals surface area (Å²) in [6.07, 6.45) is 1.06. The molecule has 0 aromatic heterocycles. The van der Waals surface area contributed by atoms with Crippen molar-refractivity contribution in [3.05, 3.63) is 11.6 Å². The van der Waals surface area contributed by atoms with Gasteiger partial charge in [-0.05, 0) is 13.5 Å². The molecular formula is C16H32N4O2.